The van der Waals surface area contributed by atoms with Gasteiger partial charge in [-0.2, -0.15) is 4.98 Å². The number of anilines is 2. The smallest absolute Gasteiger partial charge is 0.267 e. The van der Waals surface area contributed by atoms with Crippen LogP contribution in [0.2, 0.25) is 0 Å². The number of hydrogen-bond acceptors (Lipinski definition) is 6. The van der Waals surface area contributed by atoms with E-state index in [0.717, 1.165) is 33.4 Å². The summed E-state index contributed by atoms with van der Waals surface area (Å²) < 4.78 is 7.02. The number of pyridine rings is 2. The van der Waals surface area contributed by atoms with Crippen LogP contribution in [0.5, 0.6) is 0 Å². The van der Waals surface area contributed by atoms with Crippen LogP contribution in [0, 0.1) is 13.8 Å². The fourth-order valence-corrected chi connectivity index (χ4v) is 3.36. The highest BCUT2D eigenvalue weighted by Gasteiger charge is 2.22. The van der Waals surface area contributed by atoms with Crippen molar-refractivity contribution < 1.29 is 4.52 Å². The van der Waals surface area contributed by atoms with Crippen LogP contribution in [0.25, 0.3) is 22.0 Å². The molecule has 7 heteroatoms. The minimum absolute atomic E-state index is 0.0528. The Morgan fingerprint density at radius 1 is 1.07 bits per heavy atom. The van der Waals surface area contributed by atoms with Gasteiger partial charge in [-0.1, -0.05) is 26.8 Å². The number of benzene rings is 1. The predicted molar refractivity (Wildman–Crippen MR) is 118 cm³/mol. The first kappa shape index (κ1) is 19.8. The Bertz CT molecular complexity index is 1310. The lowest BCUT2D eigenvalue weighted by atomic mass is 9.97. The van der Waals surface area contributed by atoms with Gasteiger partial charge in [0.05, 0.1) is 5.52 Å². The zero-order chi connectivity index (χ0) is 21.6. The molecule has 0 bridgehead atoms. The van der Waals surface area contributed by atoms with Crippen molar-refractivity contribution in [2.24, 2.45) is 7.05 Å². The monoisotopic (exact) mass is 403 g/mol. The third kappa shape index (κ3) is 3.58. The number of nitrogens with zero attached hydrogens (tertiary/aromatic N) is 4. The van der Waals surface area contributed by atoms with Gasteiger partial charge in [-0.25, -0.2) is 0 Å². The van der Waals surface area contributed by atoms with Crippen molar-refractivity contribution in [3.05, 3.63) is 64.0 Å². The van der Waals surface area contributed by atoms with Gasteiger partial charge in [0.15, 0.2) is 0 Å². The third-order valence-corrected chi connectivity index (χ3v) is 5.10. The summed E-state index contributed by atoms with van der Waals surface area (Å²) in [5, 5.41) is 8.11. The maximum Gasteiger partial charge on any atom is 0.267 e. The van der Waals surface area contributed by atoms with E-state index in [9.17, 15) is 4.79 Å². The van der Waals surface area contributed by atoms with Gasteiger partial charge in [0.2, 0.25) is 5.89 Å². The van der Waals surface area contributed by atoms with E-state index in [0.29, 0.717) is 17.4 Å². The topological polar surface area (TPSA) is 85.8 Å². The fourth-order valence-electron chi connectivity index (χ4n) is 3.36. The molecule has 0 atom stereocenters. The maximum absolute atomic E-state index is 13.1. The average molecular weight is 403 g/mol. The van der Waals surface area contributed by atoms with Gasteiger partial charge >= 0.3 is 0 Å². The normalized spacial score (nSPS) is 11.8. The molecule has 0 aliphatic heterocycles. The molecule has 1 aromatic carbocycles. The summed E-state index contributed by atoms with van der Waals surface area (Å²) in [7, 11) is 1.79. The lowest BCUT2D eigenvalue weighted by molar-refractivity contribution is 0.321. The summed E-state index contributed by atoms with van der Waals surface area (Å²) in [6.07, 6.45) is 1.80. The summed E-state index contributed by atoms with van der Waals surface area (Å²) in [6.45, 7) is 9.95. The molecule has 7 nitrogen and oxygen atoms in total. The van der Waals surface area contributed by atoms with Crippen LogP contribution in [0.15, 0.2) is 45.8 Å². The molecule has 30 heavy (non-hydrogen) atoms. The minimum atomic E-state index is -0.227. The predicted octanol–water partition coefficient (Wildman–Crippen LogP) is 4.64. The number of fused-ring (bicyclic) bond motifs is 1. The van der Waals surface area contributed by atoms with E-state index in [1.165, 1.54) is 0 Å². The summed E-state index contributed by atoms with van der Waals surface area (Å²) >= 11 is 0. The number of aromatic nitrogens is 4. The fraction of sp³-hybridized carbons (Fsp3) is 0.304. The second kappa shape index (κ2) is 7.09. The molecule has 4 aromatic rings. The van der Waals surface area contributed by atoms with Gasteiger partial charge in [-0.3, -0.25) is 9.78 Å². The second-order valence-electron chi connectivity index (χ2n) is 8.63. The van der Waals surface area contributed by atoms with Crippen LogP contribution in [-0.2, 0) is 12.5 Å². The summed E-state index contributed by atoms with van der Waals surface area (Å²) in [5.74, 6) is 0.948. The molecule has 0 radical (unpaired) electrons. The van der Waals surface area contributed by atoms with Crippen molar-refractivity contribution in [3.63, 3.8) is 0 Å². The van der Waals surface area contributed by atoms with Crippen LogP contribution in [0.3, 0.4) is 0 Å². The average Bonchev–Trinajstić information content (AvgIpc) is 3.16. The molecule has 3 aromatic heterocycles. The maximum atomic E-state index is 13.1. The number of rotatable bonds is 3. The van der Waals surface area contributed by atoms with Crippen LogP contribution < -0.4 is 10.9 Å². The second-order valence-corrected chi connectivity index (χ2v) is 8.63. The summed E-state index contributed by atoms with van der Waals surface area (Å²) in [5.41, 5.74) is 4.72. The van der Waals surface area contributed by atoms with Crippen molar-refractivity contribution in [2.45, 2.75) is 40.0 Å². The van der Waals surface area contributed by atoms with Crippen LogP contribution >= 0.6 is 0 Å². The Kier molecular flexibility index (Phi) is 4.68. The van der Waals surface area contributed by atoms with Crippen molar-refractivity contribution in [3.8, 4) is 11.1 Å². The van der Waals surface area contributed by atoms with E-state index in [4.69, 9.17) is 4.52 Å². The van der Waals surface area contributed by atoms with Crippen LogP contribution in [-0.4, -0.2) is 19.7 Å². The SMILES string of the molecule is Cc1cc2c(cn1)cc(-c1cc(Nc3noc(C(C)(C)C)n3)ccc1C)c(=O)n2C. The molecule has 0 aliphatic rings. The van der Waals surface area contributed by atoms with Gasteiger partial charge in [0.25, 0.3) is 11.5 Å². The van der Waals surface area contributed by atoms with E-state index < -0.39 is 0 Å². The molecule has 0 saturated carbocycles. The molecular formula is C23H25N5O2. The first-order valence-electron chi connectivity index (χ1n) is 9.82. The molecule has 0 aliphatic carbocycles. The zero-order valence-electron chi connectivity index (χ0n) is 18.1. The first-order chi connectivity index (χ1) is 14.1. The van der Waals surface area contributed by atoms with Crippen LogP contribution in [0.4, 0.5) is 11.6 Å². The van der Waals surface area contributed by atoms with Gasteiger partial charge in [0.1, 0.15) is 0 Å². The molecule has 154 valence electrons. The Labute approximate surface area is 174 Å². The molecule has 0 unspecified atom stereocenters. The van der Waals surface area contributed by atoms with Gasteiger partial charge < -0.3 is 14.4 Å². The number of nitrogens with one attached hydrogen (secondary N) is 1. The highest BCUT2D eigenvalue weighted by atomic mass is 16.5. The Balaban J connectivity index is 1.77. The Hall–Kier alpha value is -3.48. The molecule has 0 saturated heterocycles. The van der Waals surface area contributed by atoms with Crippen molar-refractivity contribution in [2.75, 3.05) is 5.32 Å². The third-order valence-electron chi connectivity index (χ3n) is 5.10. The molecule has 4 rings (SSSR count). The van der Waals surface area contributed by atoms with Gasteiger partial charge in [-0.05, 0) is 54.4 Å². The number of hydrogen-bond donors (Lipinski definition) is 1. The largest absolute Gasteiger partial charge is 0.337 e. The first-order valence-corrected chi connectivity index (χ1v) is 9.82. The molecule has 0 amide bonds. The lowest BCUT2D eigenvalue weighted by Crippen LogP contribution is -2.19. The number of aryl methyl sites for hydroxylation is 3. The summed E-state index contributed by atoms with van der Waals surface area (Å²) in [6, 6.07) is 9.67. The molecule has 1 N–H and O–H groups in total. The Morgan fingerprint density at radius 2 is 1.83 bits per heavy atom. The highest BCUT2D eigenvalue weighted by Crippen LogP contribution is 2.28. The minimum Gasteiger partial charge on any atom is -0.337 e. The van der Waals surface area contributed by atoms with E-state index in [1.807, 2.05) is 65.0 Å². The summed E-state index contributed by atoms with van der Waals surface area (Å²) in [4.78, 5) is 21.9. The lowest BCUT2D eigenvalue weighted by Gasteiger charge is -2.13. The van der Waals surface area contributed by atoms with Crippen molar-refractivity contribution in [1.82, 2.24) is 19.7 Å². The van der Waals surface area contributed by atoms with E-state index in [-0.39, 0.29) is 11.0 Å². The standard InChI is InChI=1S/C23H25N5O2/c1-13-7-8-16(25-22-26-21(30-27-22)23(3,4)5)11-17(13)18-10-15-12-24-14(2)9-19(15)28(6)20(18)29/h7-12H,1-6H3,(H,25,27). The quantitative estimate of drug-likeness (QED) is 0.536. The van der Waals surface area contributed by atoms with Gasteiger partial charge in [0, 0.05) is 41.0 Å². The van der Waals surface area contributed by atoms with Crippen molar-refractivity contribution in [1.29, 1.82) is 0 Å². The molecular weight excluding hydrogens is 378 g/mol. The van der Waals surface area contributed by atoms with E-state index >= 15 is 0 Å². The van der Waals surface area contributed by atoms with Crippen LogP contribution in [0.1, 0.15) is 37.9 Å². The molecule has 0 spiro atoms. The Morgan fingerprint density at radius 3 is 2.53 bits per heavy atom. The highest BCUT2D eigenvalue weighted by molar-refractivity contribution is 5.85. The van der Waals surface area contributed by atoms with Gasteiger partial charge in [-0.15, -0.1) is 0 Å². The van der Waals surface area contributed by atoms with Crippen molar-refractivity contribution >= 4 is 22.5 Å². The van der Waals surface area contributed by atoms with E-state index in [1.54, 1.807) is 17.8 Å². The molecule has 0 fully saturated rings. The van der Waals surface area contributed by atoms with E-state index in [2.05, 4.69) is 20.4 Å². The molecule has 3 heterocycles. The zero-order valence-corrected chi connectivity index (χ0v) is 18.1.